The number of halogens is 2. The van der Waals surface area contributed by atoms with E-state index >= 15 is 0 Å². The van der Waals surface area contributed by atoms with Gasteiger partial charge in [-0.3, -0.25) is 19.2 Å². The molecule has 0 unspecified atom stereocenters. The Hall–Kier alpha value is -4.15. The molecule has 10 nitrogen and oxygen atoms in total. The average Bonchev–Trinajstić information content (AvgIpc) is 3.26. The number of rotatable bonds is 6. The van der Waals surface area contributed by atoms with Gasteiger partial charge in [0.15, 0.2) is 0 Å². The highest BCUT2D eigenvalue weighted by molar-refractivity contribution is 6.41. The minimum Gasteiger partial charge on any atom is -0.458 e. The van der Waals surface area contributed by atoms with Gasteiger partial charge in [0, 0.05) is 10.7 Å². The molecule has 1 aromatic heterocycles. The third-order valence-electron chi connectivity index (χ3n) is 4.08. The zero-order valence-electron chi connectivity index (χ0n) is 17.3. The predicted octanol–water partition coefficient (Wildman–Crippen LogP) is 2.93. The van der Waals surface area contributed by atoms with Crippen molar-refractivity contribution >= 4 is 64.4 Å². The highest BCUT2D eigenvalue weighted by atomic mass is 35.5. The molecule has 0 saturated heterocycles. The molecule has 0 fully saturated rings. The standard InChI is InChI=1S/C22H17Cl2N5O5/c23-13-4-3-5-14(10-13)27-20(31)19(30)25-11-15-8-9-16(34-15)12-26-29-22(33)21(32)28-18-7-2-1-6-17(18)24/h1-10,12H,11H2,(H,25,30)(H,27,31)(H,28,32)(H,29,33)/b26-12+. The van der Waals surface area contributed by atoms with E-state index in [4.69, 9.17) is 27.6 Å². The number of carbonyl (C=O) groups is 4. The van der Waals surface area contributed by atoms with Gasteiger partial charge in [0.2, 0.25) is 0 Å². The minimum atomic E-state index is -1.01. The lowest BCUT2D eigenvalue weighted by Gasteiger charge is -2.05. The molecule has 4 amide bonds. The third-order valence-corrected chi connectivity index (χ3v) is 4.65. The lowest BCUT2D eigenvalue weighted by atomic mass is 10.3. The van der Waals surface area contributed by atoms with E-state index < -0.39 is 23.6 Å². The fourth-order valence-corrected chi connectivity index (χ4v) is 2.88. The molecule has 1 heterocycles. The molecule has 0 bridgehead atoms. The molecule has 0 spiro atoms. The number of benzene rings is 2. The average molecular weight is 502 g/mol. The number of carbonyl (C=O) groups excluding carboxylic acids is 4. The van der Waals surface area contributed by atoms with Crippen LogP contribution in [0.3, 0.4) is 0 Å². The summed E-state index contributed by atoms with van der Waals surface area (Å²) in [7, 11) is 0. The highest BCUT2D eigenvalue weighted by Crippen LogP contribution is 2.20. The lowest BCUT2D eigenvalue weighted by Crippen LogP contribution is -2.34. The van der Waals surface area contributed by atoms with Crippen LogP contribution in [0.2, 0.25) is 10.0 Å². The van der Waals surface area contributed by atoms with Crippen LogP contribution in [0.4, 0.5) is 11.4 Å². The van der Waals surface area contributed by atoms with Crippen molar-refractivity contribution in [3.05, 3.63) is 82.2 Å². The van der Waals surface area contributed by atoms with Gasteiger partial charge in [-0.25, -0.2) is 5.43 Å². The first-order valence-electron chi connectivity index (χ1n) is 9.64. The van der Waals surface area contributed by atoms with Crippen LogP contribution in [-0.4, -0.2) is 29.8 Å². The summed E-state index contributed by atoms with van der Waals surface area (Å²) in [5.74, 6) is -3.14. The van der Waals surface area contributed by atoms with Crippen molar-refractivity contribution in [2.24, 2.45) is 5.10 Å². The SMILES string of the molecule is O=C(NCc1ccc(/C=N/NC(=O)C(=O)Nc2ccccc2Cl)o1)C(=O)Nc1cccc(Cl)c1. The van der Waals surface area contributed by atoms with Crippen LogP contribution in [0.15, 0.2) is 70.2 Å². The Morgan fingerprint density at radius 3 is 2.38 bits per heavy atom. The maximum atomic E-state index is 12.0. The normalized spacial score (nSPS) is 10.5. The van der Waals surface area contributed by atoms with E-state index in [0.717, 1.165) is 6.21 Å². The molecule has 0 aliphatic carbocycles. The number of nitrogens with one attached hydrogen (secondary N) is 4. The second-order valence-electron chi connectivity index (χ2n) is 6.58. The van der Waals surface area contributed by atoms with Crippen LogP contribution < -0.4 is 21.4 Å². The number of hydrogen-bond acceptors (Lipinski definition) is 6. The Morgan fingerprint density at radius 1 is 0.853 bits per heavy atom. The second-order valence-corrected chi connectivity index (χ2v) is 7.43. The van der Waals surface area contributed by atoms with Crippen molar-refractivity contribution in [3.8, 4) is 0 Å². The van der Waals surface area contributed by atoms with Crippen LogP contribution in [0.5, 0.6) is 0 Å². The van der Waals surface area contributed by atoms with Gasteiger partial charge in [-0.2, -0.15) is 5.10 Å². The fraction of sp³-hybridized carbons (Fsp3) is 0.0455. The molecule has 34 heavy (non-hydrogen) atoms. The van der Waals surface area contributed by atoms with Crippen molar-refractivity contribution in [2.75, 3.05) is 10.6 Å². The molecule has 174 valence electrons. The number of anilines is 2. The zero-order chi connectivity index (χ0) is 24.5. The maximum absolute atomic E-state index is 12.0. The first-order valence-corrected chi connectivity index (χ1v) is 10.4. The van der Waals surface area contributed by atoms with E-state index in [2.05, 4.69) is 26.5 Å². The summed E-state index contributed by atoms with van der Waals surface area (Å²) >= 11 is 11.8. The summed E-state index contributed by atoms with van der Waals surface area (Å²) in [6, 6.07) is 15.9. The van der Waals surface area contributed by atoms with Gasteiger partial charge < -0.3 is 20.4 Å². The van der Waals surface area contributed by atoms with Crippen LogP contribution in [-0.2, 0) is 25.7 Å². The Labute approximate surface area is 203 Å². The Bertz CT molecular complexity index is 1260. The smallest absolute Gasteiger partial charge is 0.329 e. The van der Waals surface area contributed by atoms with Gasteiger partial charge in [-0.1, -0.05) is 41.4 Å². The summed E-state index contributed by atoms with van der Waals surface area (Å²) in [5, 5.41) is 11.5. The zero-order valence-corrected chi connectivity index (χ0v) is 18.8. The number of furan rings is 1. The Kier molecular flexibility index (Phi) is 8.38. The van der Waals surface area contributed by atoms with Gasteiger partial charge in [0.25, 0.3) is 0 Å². The van der Waals surface area contributed by atoms with Crippen LogP contribution in [0.1, 0.15) is 11.5 Å². The number of hydrogen-bond donors (Lipinski definition) is 4. The molecule has 2 aromatic carbocycles. The van der Waals surface area contributed by atoms with Crippen molar-refractivity contribution in [3.63, 3.8) is 0 Å². The summed E-state index contributed by atoms with van der Waals surface area (Å²) < 4.78 is 5.42. The molecular weight excluding hydrogens is 485 g/mol. The van der Waals surface area contributed by atoms with Crippen molar-refractivity contribution < 1.29 is 23.6 Å². The molecular formula is C22H17Cl2N5O5. The summed E-state index contributed by atoms with van der Waals surface area (Å²) in [5.41, 5.74) is 2.72. The van der Waals surface area contributed by atoms with Crippen molar-refractivity contribution in [1.82, 2.24) is 10.7 Å². The number of amides is 4. The van der Waals surface area contributed by atoms with Crippen molar-refractivity contribution in [1.29, 1.82) is 0 Å². The maximum Gasteiger partial charge on any atom is 0.329 e. The lowest BCUT2D eigenvalue weighted by molar-refractivity contribution is -0.136. The van der Waals surface area contributed by atoms with E-state index in [1.807, 2.05) is 0 Å². The molecule has 3 rings (SSSR count). The summed E-state index contributed by atoms with van der Waals surface area (Å²) in [6.45, 7) is -0.0672. The molecule has 12 heteroatoms. The van der Waals surface area contributed by atoms with Crippen molar-refractivity contribution in [2.45, 2.75) is 6.54 Å². The molecule has 0 aliphatic rings. The van der Waals surface area contributed by atoms with Crippen LogP contribution >= 0.6 is 23.2 Å². The molecule has 4 N–H and O–H groups in total. The fourth-order valence-electron chi connectivity index (χ4n) is 2.51. The number of para-hydroxylation sites is 1. The Balaban J connectivity index is 1.44. The second kappa shape index (κ2) is 11.6. The van der Waals surface area contributed by atoms with Gasteiger partial charge in [-0.15, -0.1) is 0 Å². The quantitative estimate of drug-likeness (QED) is 0.233. The first kappa shape index (κ1) is 24.5. The third kappa shape index (κ3) is 7.19. The van der Waals surface area contributed by atoms with Crippen LogP contribution in [0, 0.1) is 0 Å². The van der Waals surface area contributed by atoms with E-state index in [-0.39, 0.29) is 23.0 Å². The van der Waals surface area contributed by atoms with Gasteiger partial charge in [0.1, 0.15) is 11.5 Å². The molecule has 0 radical (unpaired) electrons. The molecule has 0 atom stereocenters. The topological polar surface area (TPSA) is 142 Å². The summed E-state index contributed by atoms with van der Waals surface area (Å²) in [4.78, 5) is 47.6. The monoisotopic (exact) mass is 501 g/mol. The Morgan fingerprint density at radius 2 is 1.62 bits per heavy atom. The van der Waals surface area contributed by atoms with Gasteiger partial charge in [0.05, 0.1) is 23.5 Å². The van der Waals surface area contributed by atoms with E-state index in [1.165, 1.54) is 12.1 Å². The number of nitrogens with zero attached hydrogens (tertiary/aromatic N) is 1. The molecule has 3 aromatic rings. The van der Waals surface area contributed by atoms with E-state index in [0.29, 0.717) is 16.5 Å². The minimum absolute atomic E-state index is 0.0672. The van der Waals surface area contributed by atoms with Gasteiger partial charge >= 0.3 is 23.6 Å². The van der Waals surface area contributed by atoms with E-state index in [1.54, 1.807) is 48.5 Å². The highest BCUT2D eigenvalue weighted by Gasteiger charge is 2.15. The molecule has 0 saturated carbocycles. The number of hydrazone groups is 1. The largest absolute Gasteiger partial charge is 0.458 e. The van der Waals surface area contributed by atoms with E-state index in [9.17, 15) is 19.2 Å². The molecule has 0 aliphatic heterocycles. The predicted molar refractivity (Wildman–Crippen MR) is 126 cm³/mol. The summed E-state index contributed by atoms with van der Waals surface area (Å²) in [6.07, 6.45) is 1.16. The van der Waals surface area contributed by atoms with Gasteiger partial charge in [-0.05, 0) is 42.5 Å². The van der Waals surface area contributed by atoms with Crippen LogP contribution in [0.25, 0.3) is 0 Å². The first-order chi connectivity index (χ1) is 16.3.